The van der Waals surface area contributed by atoms with Gasteiger partial charge in [0.1, 0.15) is 5.75 Å². The first-order valence-corrected chi connectivity index (χ1v) is 10.0. The van der Waals surface area contributed by atoms with Crippen LogP contribution in [-0.2, 0) is 24.2 Å². The highest BCUT2D eigenvalue weighted by Crippen LogP contribution is 2.20. The molecular formula is C18H19NO6S. The van der Waals surface area contributed by atoms with Crippen LogP contribution in [-0.4, -0.2) is 51.1 Å². The number of benzene rings is 2. The summed E-state index contributed by atoms with van der Waals surface area (Å²) in [4.78, 5) is 23.4. The van der Waals surface area contributed by atoms with E-state index in [0.717, 1.165) is 10.8 Å². The molecule has 1 saturated heterocycles. The lowest BCUT2D eigenvalue weighted by Crippen LogP contribution is -2.38. The number of sulfone groups is 1. The van der Waals surface area contributed by atoms with Gasteiger partial charge < -0.3 is 14.8 Å². The monoisotopic (exact) mass is 377 g/mol. The summed E-state index contributed by atoms with van der Waals surface area (Å²) >= 11 is 0. The van der Waals surface area contributed by atoms with Crippen LogP contribution >= 0.6 is 0 Å². The summed E-state index contributed by atoms with van der Waals surface area (Å²) in [5.74, 6) is -0.672. The Morgan fingerprint density at radius 1 is 1.08 bits per heavy atom. The standard InChI is InChI=1S/C18H19NO6S/c20-17(19-15-7-8-26(22,23)12-15)10-25-18(21)11-24-16-6-5-13-3-1-2-4-14(13)9-16/h1-6,9,15H,7-8,10-12H2,(H,19,20)/t15-/m0/s1. The van der Waals surface area contributed by atoms with Crippen molar-refractivity contribution < 1.29 is 27.5 Å². The van der Waals surface area contributed by atoms with E-state index in [-0.39, 0.29) is 18.1 Å². The minimum absolute atomic E-state index is 0.0668. The molecule has 0 unspecified atom stereocenters. The van der Waals surface area contributed by atoms with Crippen molar-refractivity contribution in [2.24, 2.45) is 0 Å². The number of esters is 1. The van der Waals surface area contributed by atoms with Crippen LogP contribution in [0, 0.1) is 0 Å². The molecule has 0 aromatic heterocycles. The minimum atomic E-state index is -3.07. The Labute approximate surface area is 151 Å². The number of nitrogens with one attached hydrogen (secondary N) is 1. The molecule has 1 fully saturated rings. The predicted molar refractivity (Wildman–Crippen MR) is 95.6 cm³/mol. The molecular weight excluding hydrogens is 358 g/mol. The summed E-state index contributed by atoms with van der Waals surface area (Å²) in [7, 11) is -3.07. The van der Waals surface area contributed by atoms with Crippen molar-refractivity contribution in [2.75, 3.05) is 24.7 Å². The molecule has 1 aliphatic heterocycles. The van der Waals surface area contributed by atoms with Gasteiger partial charge in [-0.15, -0.1) is 0 Å². The quantitative estimate of drug-likeness (QED) is 0.756. The van der Waals surface area contributed by atoms with Crippen molar-refractivity contribution in [1.82, 2.24) is 5.32 Å². The van der Waals surface area contributed by atoms with Crippen LogP contribution in [0.25, 0.3) is 10.8 Å². The number of carbonyl (C=O) groups is 2. The molecule has 3 rings (SSSR count). The van der Waals surface area contributed by atoms with E-state index in [1.54, 1.807) is 6.07 Å². The van der Waals surface area contributed by atoms with Crippen molar-refractivity contribution in [2.45, 2.75) is 12.5 Å². The molecule has 138 valence electrons. The Kier molecular flexibility index (Phi) is 5.41. The second-order valence-corrected chi connectivity index (χ2v) is 8.35. The number of amides is 1. The fraction of sp³-hybridized carbons (Fsp3) is 0.333. The predicted octanol–water partition coefficient (Wildman–Crippen LogP) is 1.07. The lowest BCUT2D eigenvalue weighted by atomic mass is 10.1. The smallest absolute Gasteiger partial charge is 0.344 e. The maximum Gasteiger partial charge on any atom is 0.344 e. The van der Waals surface area contributed by atoms with Gasteiger partial charge in [-0.2, -0.15) is 0 Å². The molecule has 26 heavy (non-hydrogen) atoms. The van der Waals surface area contributed by atoms with E-state index >= 15 is 0 Å². The second kappa shape index (κ2) is 7.74. The van der Waals surface area contributed by atoms with Crippen molar-refractivity contribution in [3.05, 3.63) is 42.5 Å². The lowest BCUT2D eigenvalue weighted by molar-refractivity contribution is -0.150. The molecule has 1 heterocycles. The number of hydrogen-bond acceptors (Lipinski definition) is 6. The first kappa shape index (κ1) is 18.2. The number of hydrogen-bond donors (Lipinski definition) is 1. The zero-order valence-electron chi connectivity index (χ0n) is 14.0. The van der Waals surface area contributed by atoms with Gasteiger partial charge in [0.05, 0.1) is 11.5 Å². The van der Waals surface area contributed by atoms with Gasteiger partial charge in [0.15, 0.2) is 23.1 Å². The summed E-state index contributed by atoms with van der Waals surface area (Å²) in [6, 6.07) is 12.8. The summed E-state index contributed by atoms with van der Waals surface area (Å²) in [5.41, 5.74) is 0. The topological polar surface area (TPSA) is 98.8 Å². The number of rotatable bonds is 6. The van der Waals surface area contributed by atoms with E-state index in [9.17, 15) is 18.0 Å². The summed E-state index contributed by atoms with van der Waals surface area (Å²) in [5, 5.41) is 4.60. The van der Waals surface area contributed by atoms with Crippen LogP contribution in [0.4, 0.5) is 0 Å². The summed E-state index contributed by atoms with van der Waals surface area (Å²) in [6.07, 6.45) is 0.382. The molecule has 1 N–H and O–H groups in total. The lowest BCUT2D eigenvalue weighted by Gasteiger charge is -2.11. The normalized spacial score (nSPS) is 18.4. The summed E-state index contributed by atoms with van der Waals surface area (Å²) < 4.78 is 32.9. The Bertz CT molecular complexity index is 924. The van der Waals surface area contributed by atoms with E-state index in [2.05, 4.69) is 5.32 Å². The van der Waals surface area contributed by atoms with E-state index in [4.69, 9.17) is 9.47 Å². The Morgan fingerprint density at radius 3 is 2.58 bits per heavy atom. The number of ether oxygens (including phenoxy) is 2. The SMILES string of the molecule is O=C(COC(=O)COc1ccc2ccccc2c1)N[C@H]1CCS(=O)(=O)C1. The highest BCUT2D eigenvalue weighted by molar-refractivity contribution is 7.91. The molecule has 2 aromatic carbocycles. The van der Waals surface area contributed by atoms with E-state index in [0.29, 0.717) is 12.2 Å². The van der Waals surface area contributed by atoms with Gasteiger partial charge >= 0.3 is 5.97 Å². The number of carbonyl (C=O) groups excluding carboxylic acids is 2. The molecule has 0 aliphatic carbocycles. The van der Waals surface area contributed by atoms with Gasteiger partial charge in [0.2, 0.25) is 0 Å². The fourth-order valence-corrected chi connectivity index (χ4v) is 4.44. The molecule has 8 heteroatoms. The van der Waals surface area contributed by atoms with Crippen LogP contribution in [0.5, 0.6) is 5.75 Å². The van der Waals surface area contributed by atoms with Crippen LogP contribution in [0.1, 0.15) is 6.42 Å². The van der Waals surface area contributed by atoms with Gasteiger partial charge in [0.25, 0.3) is 5.91 Å². The first-order chi connectivity index (χ1) is 12.4. The maximum absolute atomic E-state index is 11.7. The van der Waals surface area contributed by atoms with Gasteiger partial charge in [-0.1, -0.05) is 30.3 Å². The van der Waals surface area contributed by atoms with Crippen LogP contribution in [0.3, 0.4) is 0 Å². The van der Waals surface area contributed by atoms with E-state index in [1.165, 1.54) is 0 Å². The third kappa shape index (κ3) is 4.95. The molecule has 1 amide bonds. The third-order valence-corrected chi connectivity index (χ3v) is 5.81. The molecule has 1 atom stereocenters. The zero-order valence-corrected chi connectivity index (χ0v) is 14.8. The molecule has 0 spiro atoms. The van der Waals surface area contributed by atoms with E-state index < -0.39 is 34.4 Å². The second-order valence-electron chi connectivity index (χ2n) is 6.13. The van der Waals surface area contributed by atoms with Crippen molar-refractivity contribution >= 4 is 32.5 Å². The minimum Gasteiger partial charge on any atom is -0.482 e. The zero-order chi connectivity index (χ0) is 18.6. The molecule has 0 radical (unpaired) electrons. The Balaban J connectivity index is 1.41. The summed E-state index contributed by atoms with van der Waals surface area (Å²) in [6.45, 7) is -0.778. The van der Waals surface area contributed by atoms with Gasteiger partial charge in [-0.25, -0.2) is 13.2 Å². The average Bonchev–Trinajstić information content (AvgIpc) is 2.96. The van der Waals surface area contributed by atoms with Crippen molar-refractivity contribution in [1.29, 1.82) is 0 Å². The van der Waals surface area contributed by atoms with Crippen LogP contribution in [0.2, 0.25) is 0 Å². The Hall–Kier alpha value is -2.61. The van der Waals surface area contributed by atoms with Gasteiger partial charge in [-0.05, 0) is 29.3 Å². The van der Waals surface area contributed by atoms with Crippen molar-refractivity contribution in [3.8, 4) is 5.75 Å². The van der Waals surface area contributed by atoms with Crippen LogP contribution in [0.15, 0.2) is 42.5 Å². The highest BCUT2D eigenvalue weighted by atomic mass is 32.2. The molecule has 7 nitrogen and oxygen atoms in total. The average molecular weight is 377 g/mol. The number of fused-ring (bicyclic) bond motifs is 1. The molecule has 1 aliphatic rings. The van der Waals surface area contributed by atoms with Crippen molar-refractivity contribution in [3.63, 3.8) is 0 Å². The molecule has 0 saturated carbocycles. The van der Waals surface area contributed by atoms with Crippen LogP contribution < -0.4 is 10.1 Å². The fourth-order valence-electron chi connectivity index (χ4n) is 2.77. The third-order valence-electron chi connectivity index (χ3n) is 4.04. The van der Waals surface area contributed by atoms with Gasteiger partial charge in [-0.3, -0.25) is 4.79 Å². The largest absolute Gasteiger partial charge is 0.482 e. The molecule has 2 aromatic rings. The Morgan fingerprint density at radius 2 is 1.85 bits per heavy atom. The first-order valence-electron chi connectivity index (χ1n) is 8.18. The van der Waals surface area contributed by atoms with E-state index in [1.807, 2.05) is 36.4 Å². The van der Waals surface area contributed by atoms with Gasteiger partial charge in [0, 0.05) is 6.04 Å². The highest BCUT2D eigenvalue weighted by Gasteiger charge is 2.29. The molecule has 0 bridgehead atoms. The maximum atomic E-state index is 11.7.